The molecule has 110 valence electrons. The first kappa shape index (κ1) is 15.5. The molecule has 21 heavy (non-hydrogen) atoms. The van der Waals surface area contributed by atoms with Gasteiger partial charge in [-0.1, -0.05) is 29.3 Å². The van der Waals surface area contributed by atoms with Gasteiger partial charge in [0.1, 0.15) is 5.75 Å². The number of nitrogens with one attached hydrogen (secondary N) is 2. The van der Waals surface area contributed by atoms with Crippen molar-refractivity contribution in [3.8, 4) is 5.75 Å². The van der Waals surface area contributed by atoms with E-state index in [1.807, 2.05) is 6.07 Å². The van der Waals surface area contributed by atoms with Crippen LogP contribution in [0.1, 0.15) is 12.5 Å². The Kier molecular flexibility index (Phi) is 4.94. The molecule has 0 aliphatic heterocycles. The molecule has 0 saturated carbocycles. The number of rotatable bonds is 4. The molecule has 0 aromatic heterocycles. The number of hydrogen-bond donors (Lipinski definition) is 3. The van der Waals surface area contributed by atoms with Crippen LogP contribution in [-0.2, 0) is 11.3 Å². The van der Waals surface area contributed by atoms with Gasteiger partial charge in [-0.25, -0.2) is 0 Å². The highest BCUT2D eigenvalue weighted by Gasteiger charge is 2.04. The molecule has 0 radical (unpaired) electrons. The molecule has 2 aromatic carbocycles. The molecule has 6 heteroatoms. The molecule has 0 atom stereocenters. The van der Waals surface area contributed by atoms with Crippen LogP contribution in [0.25, 0.3) is 0 Å². The zero-order valence-corrected chi connectivity index (χ0v) is 12.8. The van der Waals surface area contributed by atoms with E-state index in [0.29, 0.717) is 22.3 Å². The average Bonchev–Trinajstić information content (AvgIpc) is 2.42. The Labute approximate surface area is 132 Å². The molecule has 4 nitrogen and oxygen atoms in total. The number of carbonyl (C=O) groups excluding carboxylic acids is 1. The molecule has 0 unspecified atom stereocenters. The largest absolute Gasteiger partial charge is 0.506 e. The van der Waals surface area contributed by atoms with Crippen molar-refractivity contribution >= 4 is 40.5 Å². The summed E-state index contributed by atoms with van der Waals surface area (Å²) in [6.45, 7) is 1.97. The fourth-order valence-electron chi connectivity index (χ4n) is 1.78. The maximum absolute atomic E-state index is 11.0. The van der Waals surface area contributed by atoms with Gasteiger partial charge in [0.05, 0.1) is 15.7 Å². The molecular weight excluding hydrogens is 311 g/mol. The molecular formula is C15H14Cl2N2O2. The predicted octanol–water partition coefficient (Wildman–Crippen LogP) is 4.27. The summed E-state index contributed by atoms with van der Waals surface area (Å²) >= 11 is 11.9. The summed E-state index contributed by atoms with van der Waals surface area (Å²) in [6.07, 6.45) is 0. The lowest BCUT2D eigenvalue weighted by atomic mass is 10.2. The molecule has 0 aliphatic carbocycles. The molecule has 0 bridgehead atoms. The average molecular weight is 325 g/mol. The van der Waals surface area contributed by atoms with Gasteiger partial charge >= 0.3 is 0 Å². The Morgan fingerprint density at radius 3 is 2.52 bits per heavy atom. The third-order valence-corrected chi connectivity index (χ3v) is 3.40. The van der Waals surface area contributed by atoms with E-state index >= 15 is 0 Å². The summed E-state index contributed by atoms with van der Waals surface area (Å²) in [4.78, 5) is 11.0. The van der Waals surface area contributed by atoms with E-state index < -0.39 is 0 Å². The number of benzene rings is 2. The van der Waals surface area contributed by atoms with Crippen molar-refractivity contribution < 1.29 is 9.90 Å². The van der Waals surface area contributed by atoms with Crippen molar-refractivity contribution in [1.82, 2.24) is 0 Å². The van der Waals surface area contributed by atoms with Gasteiger partial charge in [-0.05, 0) is 35.9 Å². The fourth-order valence-corrected chi connectivity index (χ4v) is 2.21. The van der Waals surface area contributed by atoms with Gasteiger partial charge in [0.2, 0.25) is 5.91 Å². The second-order valence-corrected chi connectivity index (χ2v) is 5.33. The monoisotopic (exact) mass is 324 g/mol. The van der Waals surface area contributed by atoms with Crippen molar-refractivity contribution in [3.05, 3.63) is 52.0 Å². The minimum absolute atomic E-state index is 0.0584. The van der Waals surface area contributed by atoms with Crippen molar-refractivity contribution in [3.63, 3.8) is 0 Å². The summed E-state index contributed by atoms with van der Waals surface area (Å²) < 4.78 is 0. The number of halogens is 2. The first-order chi connectivity index (χ1) is 9.95. The van der Waals surface area contributed by atoms with Crippen LogP contribution in [0.15, 0.2) is 36.4 Å². The van der Waals surface area contributed by atoms with Gasteiger partial charge in [0.15, 0.2) is 0 Å². The van der Waals surface area contributed by atoms with E-state index in [1.54, 1.807) is 30.3 Å². The molecule has 0 aliphatic rings. The van der Waals surface area contributed by atoms with Crippen LogP contribution < -0.4 is 10.6 Å². The highest BCUT2D eigenvalue weighted by Crippen LogP contribution is 2.27. The van der Waals surface area contributed by atoms with Gasteiger partial charge in [-0.2, -0.15) is 0 Å². The maximum atomic E-state index is 11.0. The third-order valence-electron chi connectivity index (χ3n) is 2.79. The highest BCUT2D eigenvalue weighted by molar-refractivity contribution is 6.34. The van der Waals surface area contributed by atoms with Gasteiger partial charge < -0.3 is 15.7 Å². The van der Waals surface area contributed by atoms with E-state index in [4.69, 9.17) is 23.2 Å². The van der Waals surface area contributed by atoms with E-state index in [2.05, 4.69) is 10.6 Å². The topological polar surface area (TPSA) is 61.4 Å². The molecule has 0 spiro atoms. The molecule has 3 N–H and O–H groups in total. The van der Waals surface area contributed by atoms with Crippen molar-refractivity contribution in [2.75, 3.05) is 10.6 Å². The number of amides is 1. The van der Waals surface area contributed by atoms with E-state index in [9.17, 15) is 9.90 Å². The van der Waals surface area contributed by atoms with Crippen LogP contribution in [0.5, 0.6) is 5.75 Å². The summed E-state index contributed by atoms with van der Waals surface area (Å²) in [5.41, 5.74) is 2.32. The van der Waals surface area contributed by atoms with Crippen LogP contribution in [-0.4, -0.2) is 11.0 Å². The van der Waals surface area contributed by atoms with E-state index in [-0.39, 0.29) is 11.7 Å². The minimum atomic E-state index is -0.170. The van der Waals surface area contributed by atoms with Gasteiger partial charge in [-0.15, -0.1) is 0 Å². The lowest BCUT2D eigenvalue weighted by Gasteiger charge is -2.10. The number of anilines is 2. The Morgan fingerprint density at radius 2 is 1.90 bits per heavy atom. The van der Waals surface area contributed by atoms with E-state index in [0.717, 1.165) is 11.3 Å². The summed E-state index contributed by atoms with van der Waals surface area (Å²) in [7, 11) is 0. The highest BCUT2D eigenvalue weighted by atomic mass is 35.5. The summed E-state index contributed by atoms with van der Waals surface area (Å²) in [6, 6.07) is 10.3. The number of phenolic OH excluding ortho intramolecular Hbond substituents is 1. The Balaban J connectivity index is 2.04. The maximum Gasteiger partial charge on any atom is 0.221 e. The van der Waals surface area contributed by atoms with Crippen molar-refractivity contribution in [1.29, 1.82) is 0 Å². The zero-order valence-electron chi connectivity index (χ0n) is 11.3. The first-order valence-electron chi connectivity index (χ1n) is 6.24. The third kappa shape index (κ3) is 4.28. The lowest BCUT2D eigenvalue weighted by molar-refractivity contribution is -0.114. The SMILES string of the molecule is CC(=O)Nc1ccc(NCc2ccc(O)c(Cl)c2)cc1Cl. The van der Waals surface area contributed by atoms with Crippen LogP contribution in [0.4, 0.5) is 11.4 Å². The molecule has 2 aromatic rings. The van der Waals surface area contributed by atoms with Crippen molar-refractivity contribution in [2.24, 2.45) is 0 Å². The molecule has 2 rings (SSSR count). The van der Waals surface area contributed by atoms with Gasteiger partial charge in [0.25, 0.3) is 0 Å². The van der Waals surface area contributed by atoms with Crippen LogP contribution in [0, 0.1) is 0 Å². The molecule has 0 saturated heterocycles. The number of aromatic hydroxyl groups is 1. The predicted molar refractivity (Wildman–Crippen MR) is 86.2 cm³/mol. The number of carbonyl (C=O) groups is 1. The van der Waals surface area contributed by atoms with E-state index in [1.165, 1.54) is 6.92 Å². The molecule has 0 fully saturated rings. The standard InChI is InChI=1S/C15H14Cl2N2O2/c1-9(20)19-14-4-3-11(7-12(14)16)18-8-10-2-5-15(21)13(17)6-10/h2-7,18,21H,8H2,1H3,(H,19,20). The number of phenols is 1. The minimum Gasteiger partial charge on any atom is -0.506 e. The smallest absolute Gasteiger partial charge is 0.221 e. The molecule has 1 amide bonds. The van der Waals surface area contributed by atoms with Crippen molar-refractivity contribution in [2.45, 2.75) is 13.5 Å². The zero-order chi connectivity index (χ0) is 15.4. The molecule has 0 heterocycles. The summed E-state index contributed by atoms with van der Waals surface area (Å²) in [5, 5.41) is 16.0. The van der Waals surface area contributed by atoms with Gasteiger partial charge in [0, 0.05) is 19.2 Å². The fraction of sp³-hybridized carbons (Fsp3) is 0.133. The second kappa shape index (κ2) is 6.70. The van der Waals surface area contributed by atoms with Crippen LogP contribution in [0.3, 0.4) is 0 Å². The lowest BCUT2D eigenvalue weighted by Crippen LogP contribution is -2.06. The Bertz CT molecular complexity index is 675. The first-order valence-corrected chi connectivity index (χ1v) is 6.99. The summed E-state index contributed by atoms with van der Waals surface area (Å²) in [5.74, 6) is -0.112. The normalized spacial score (nSPS) is 10.2. The Morgan fingerprint density at radius 1 is 1.14 bits per heavy atom. The Hall–Kier alpha value is -1.91. The second-order valence-electron chi connectivity index (χ2n) is 4.52. The quantitative estimate of drug-likeness (QED) is 0.787. The number of hydrogen-bond acceptors (Lipinski definition) is 3. The van der Waals surface area contributed by atoms with Crippen LogP contribution in [0.2, 0.25) is 10.0 Å². The van der Waals surface area contributed by atoms with Crippen LogP contribution >= 0.6 is 23.2 Å². The van der Waals surface area contributed by atoms with Gasteiger partial charge in [-0.3, -0.25) is 4.79 Å².